The summed E-state index contributed by atoms with van der Waals surface area (Å²) in [4.78, 5) is 11.1. The summed E-state index contributed by atoms with van der Waals surface area (Å²) in [5.74, 6) is 0.338. The van der Waals surface area contributed by atoms with E-state index in [1.165, 1.54) is 12.8 Å². The monoisotopic (exact) mass is 140 g/mol. The third-order valence-electron chi connectivity index (χ3n) is 2.39. The molecule has 2 aliphatic heterocycles. The van der Waals surface area contributed by atoms with Gasteiger partial charge in [0, 0.05) is 6.42 Å². The fourth-order valence-corrected chi connectivity index (χ4v) is 1.81. The largest absolute Gasteiger partial charge is 0.367 e. The first kappa shape index (κ1) is 6.35. The fraction of sp³-hybridized carbons (Fsp3) is 0.875. The van der Waals surface area contributed by atoms with E-state index in [2.05, 4.69) is 0 Å². The van der Waals surface area contributed by atoms with Gasteiger partial charge in [-0.15, -0.1) is 0 Å². The molecule has 2 bridgehead atoms. The Labute approximate surface area is 60.6 Å². The van der Waals surface area contributed by atoms with Crippen LogP contribution in [0.15, 0.2) is 0 Å². The Kier molecular flexibility index (Phi) is 1.49. The van der Waals surface area contributed by atoms with E-state index in [-0.39, 0.29) is 12.2 Å². The molecule has 2 fully saturated rings. The second-order valence-corrected chi connectivity index (χ2v) is 3.20. The van der Waals surface area contributed by atoms with Gasteiger partial charge in [0.25, 0.3) is 0 Å². The summed E-state index contributed by atoms with van der Waals surface area (Å²) >= 11 is 0. The van der Waals surface area contributed by atoms with Crippen molar-refractivity contribution in [3.63, 3.8) is 0 Å². The van der Waals surface area contributed by atoms with Crippen molar-refractivity contribution < 1.29 is 9.53 Å². The molecule has 56 valence electrons. The van der Waals surface area contributed by atoms with Crippen molar-refractivity contribution in [3.8, 4) is 0 Å². The third-order valence-corrected chi connectivity index (χ3v) is 2.39. The van der Waals surface area contributed by atoms with E-state index in [0.717, 1.165) is 12.8 Å². The molecular formula is C8H12O2. The Morgan fingerprint density at radius 1 is 1.30 bits per heavy atom. The third kappa shape index (κ3) is 0.966. The molecule has 0 aliphatic carbocycles. The van der Waals surface area contributed by atoms with Gasteiger partial charge in [-0.05, 0) is 12.8 Å². The average molecular weight is 140 g/mol. The molecule has 0 aromatic rings. The predicted molar refractivity (Wildman–Crippen MR) is 36.8 cm³/mol. The summed E-state index contributed by atoms with van der Waals surface area (Å²) in [6, 6.07) is 0. The van der Waals surface area contributed by atoms with Crippen molar-refractivity contribution in [1.82, 2.24) is 0 Å². The topological polar surface area (TPSA) is 26.3 Å². The molecule has 0 N–H and O–H groups in total. The normalized spacial score (nSPS) is 39.8. The first-order valence-corrected chi connectivity index (χ1v) is 4.04. The lowest BCUT2D eigenvalue weighted by Gasteiger charge is -2.04. The highest BCUT2D eigenvalue weighted by atomic mass is 16.5. The smallest absolute Gasteiger partial charge is 0.164 e. The van der Waals surface area contributed by atoms with Crippen LogP contribution in [0, 0.1) is 0 Å². The lowest BCUT2D eigenvalue weighted by atomic mass is 10.0. The lowest BCUT2D eigenvalue weighted by Crippen LogP contribution is -2.13. The van der Waals surface area contributed by atoms with Crippen LogP contribution in [0.2, 0.25) is 0 Å². The lowest BCUT2D eigenvalue weighted by molar-refractivity contribution is -0.122. The van der Waals surface area contributed by atoms with Crippen molar-refractivity contribution in [3.05, 3.63) is 0 Å². The van der Waals surface area contributed by atoms with E-state index in [4.69, 9.17) is 4.74 Å². The van der Waals surface area contributed by atoms with Gasteiger partial charge in [0.1, 0.15) is 6.10 Å². The van der Waals surface area contributed by atoms with Crippen LogP contribution in [0.4, 0.5) is 0 Å². The van der Waals surface area contributed by atoms with Crippen molar-refractivity contribution in [1.29, 1.82) is 0 Å². The van der Waals surface area contributed by atoms with Crippen LogP contribution >= 0.6 is 0 Å². The van der Waals surface area contributed by atoms with E-state index in [9.17, 15) is 4.79 Å². The van der Waals surface area contributed by atoms with Gasteiger partial charge in [0.05, 0.1) is 6.10 Å². The summed E-state index contributed by atoms with van der Waals surface area (Å²) in [5, 5.41) is 0. The molecule has 0 aromatic carbocycles. The predicted octanol–water partition coefficient (Wildman–Crippen LogP) is 1.29. The maximum absolute atomic E-state index is 11.1. The molecule has 0 spiro atoms. The molecule has 0 aromatic heterocycles. The highest BCUT2D eigenvalue weighted by Gasteiger charge is 2.34. The standard InChI is InChI=1S/C8H12O2/c9-7-5-6-3-1-2-4-8(7)10-6/h6,8H,1-5H2. The van der Waals surface area contributed by atoms with Crippen LogP contribution in [0.5, 0.6) is 0 Å². The van der Waals surface area contributed by atoms with Crippen molar-refractivity contribution in [2.75, 3.05) is 0 Å². The zero-order valence-electron chi connectivity index (χ0n) is 6.01. The summed E-state index contributed by atoms with van der Waals surface area (Å²) in [7, 11) is 0. The van der Waals surface area contributed by atoms with Crippen LogP contribution in [0.25, 0.3) is 0 Å². The minimum absolute atomic E-state index is 0.0208. The minimum Gasteiger partial charge on any atom is -0.367 e. The van der Waals surface area contributed by atoms with Gasteiger partial charge in [-0.2, -0.15) is 0 Å². The summed E-state index contributed by atoms with van der Waals surface area (Å²) < 4.78 is 5.48. The van der Waals surface area contributed by atoms with Crippen LogP contribution < -0.4 is 0 Å². The SMILES string of the molecule is O=C1CC2CCCCC1O2. The van der Waals surface area contributed by atoms with E-state index >= 15 is 0 Å². The number of rotatable bonds is 0. The minimum atomic E-state index is -0.0208. The molecular weight excluding hydrogens is 128 g/mol. The van der Waals surface area contributed by atoms with E-state index < -0.39 is 0 Å². The first-order chi connectivity index (χ1) is 4.86. The van der Waals surface area contributed by atoms with Crippen LogP contribution in [-0.4, -0.2) is 18.0 Å². The molecule has 2 nitrogen and oxygen atoms in total. The zero-order valence-corrected chi connectivity index (χ0v) is 6.01. The summed E-state index contributed by atoms with van der Waals surface area (Å²) in [6.07, 6.45) is 5.43. The maximum atomic E-state index is 11.1. The van der Waals surface area contributed by atoms with Gasteiger partial charge in [-0.25, -0.2) is 0 Å². The van der Waals surface area contributed by atoms with Crippen LogP contribution in [-0.2, 0) is 9.53 Å². The Bertz CT molecular complexity index is 153. The van der Waals surface area contributed by atoms with Gasteiger partial charge >= 0.3 is 0 Å². The van der Waals surface area contributed by atoms with Gasteiger partial charge < -0.3 is 4.74 Å². The quantitative estimate of drug-likeness (QED) is 0.506. The Balaban J connectivity index is 2.09. The Morgan fingerprint density at radius 2 is 2.10 bits per heavy atom. The summed E-state index contributed by atoms with van der Waals surface area (Å²) in [5.41, 5.74) is 0. The first-order valence-electron chi connectivity index (χ1n) is 4.04. The van der Waals surface area contributed by atoms with Gasteiger partial charge in [0.15, 0.2) is 5.78 Å². The molecule has 2 rings (SSSR count). The number of ketones is 1. The van der Waals surface area contributed by atoms with Crippen LogP contribution in [0.1, 0.15) is 32.1 Å². The second-order valence-electron chi connectivity index (χ2n) is 3.20. The second kappa shape index (κ2) is 2.35. The molecule has 2 atom stereocenters. The zero-order chi connectivity index (χ0) is 6.97. The van der Waals surface area contributed by atoms with E-state index in [1.54, 1.807) is 0 Å². The number of Topliss-reactive ketones (excluding diaryl/α,β-unsaturated/α-hetero) is 1. The maximum Gasteiger partial charge on any atom is 0.164 e. The molecule has 0 radical (unpaired) electrons. The van der Waals surface area contributed by atoms with Gasteiger partial charge in [-0.1, -0.05) is 12.8 Å². The highest BCUT2D eigenvalue weighted by molar-refractivity contribution is 5.85. The van der Waals surface area contributed by atoms with Crippen molar-refractivity contribution >= 4 is 5.78 Å². The highest BCUT2D eigenvalue weighted by Crippen LogP contribution is 2.28. The average Bonchev–Trinajstić information content (AvgIpc) is 2.18. The number of carbonyl (C=O) groups excluding carboxylic acids is 1. The van der Waals surface area contributed by atoms with Gasteiger partial charge in [0.2, 0.25) is 0 Å². The molecule has 2 aliphatic rings. The number of ether oxygens (including phenoxy) is 1. The summed E-state index contributed by atoms with van der Waals surface area (Å²) in [6.45, 7) is 0. The molecule has 2 saturated heterocycles. The fourth-order valence-electron chi connectivity index (χ4n) is 1.81. The molecule has 0 saturated carbocycles. The number of hydrogen-bond acceptors (Lipinski definition) is 2. The molecule has 0 amide bonds. The van der Waals surface area contributed by atoms with E-state index in [1.807, 2.05) is 0 Å². The molecule has 2 unspecified atom stereocenters. The molecule has 2 heteroatoms. The van der Waals surface area contributed by atoms with Gasteiger partial charge in [-0.3, -0.25) is 4.79 Å². The number of hydrogen-bond donors (Lipinski definition) is 0. The van der Waals surface area contributed by atoms with Crippen molar-refractivity contribution in [2.24, 2.45) is 0 Å². The Hall–Kier alpha value is -0.370. The van der Waals surface area contributed by atoms with Crippen molar-refractivity contribution in [2.45, 2.75) is 44.3 Å². The van der Waals surface area contributed by atoms with Crippen LogP contribution in [0.3, 0.4) is 0 Å². The molecule has 2 heterocycles. The number of fused-ring (bicyclic) bond motifs is 2. The Morgan fingerprint density at radius 3 is 3.00 bits per heavy atom. The number of carbonyl (C=O) groups is 1. The van der Waals surface area contributed by atoms with E-state index in [0.29, 0.717) is 12.2 Å². The molecule has 10 heavy (non-hydrogen) atoms.